The van der Waals surface area contributed by atoms with E-state index in [1.807, 2.05) is 0 Å². The number of carbonyl (C=O) groups is 8. The van der Waals surface area contributed by atoms with Crippen molar-refractivity contribution >= 4 is 47.8 Å². The number of carboxylic acid groups (broad SMARTS) is 2. The average Bonchev–Trinajstić information content (AvgIpc) is 3.25. The van der Waals surface area contributed by atoms with E-state index in [9.17, 15) is 38.4 Å². The third-order valence-corrected chi connectivity index (χ3v) is 9.37. The monoisotopic (exact) mass is 919 g/mol. The number of carbonyl (C=O) groups excluding carboxylic acids is 6. The van der Waals surface area contributed by atoms with Crippen molar-refractivity contribution in [3.63, 3.8) is 0 Å². The van der Waals surface area contributed by atoms with E-state index in [4.69, 9.17) is 40.6 Å². The Morgan fingerprint density at radius 2 is 0.734 bits per heavy atom. The molecule has 0 rings (SSSR count). The van der Waals surface area contributed by atoms with E-state index in [1.54, 1.807) is 0 Å². The molecule has 22 heteroatoms. The van der Waals surface area contributed by atoms with Crippen LogP contribution in [0, 0.1) is 0 Å². The van der Waals surface area contributed by atoms with Gasteiger partial charge in [-0.25, -0.2) is 9.59 Å². The van der Waals surface area contributed by atoms with Crippen LogP contribution in [-0.4, -0.2) is 173 Å². The smallest absolute Gasteiger partial charge is 0.410 e. The molecule has 64 heavy (non-hydrogen) atoms. The van der Waals surface area contributed by atoms with Crippen molar-refractivity contribution in [2.45, 2.75) is 116 Å². The molecular formula is C42H78N8O14. The maximum absolute atomic E-state index is 12.9. The Labute approximate surface area is 377 Å². The van der Waals surface area contributed by atoms with Gasteiger partial charge in [0.2, 0.25) is 23.6 Å². The first-order valence-corrected chi connectivity index (χ1v) is 22.8. The second-order valence-electron chi connectivity index (χ2n) is 15.0. The Hall–Kier alpha value is -4.80. The lowest BCUT2D eigenvalue weighted by Gasteiger charge is -2.22. The molecule has 0 aliphatic rings. The van der Waals surface area contributed by atoms with Crippen molar-refractivity contribution in [1.82, 2.24) is 31.1 Å². The topological polar surface area (TPSA) is 321 Å². The highest BCUT2D eigenvalue weighted by Crippen LogP contribution is 2.05. The molecule has 6 amide bonds. The molecule has 0 unspecified atom stereocenters. The van der Waals surface area contributed by atoms with E-state index >= 15 is 0 Å². The highest BCUT2D eigenvalue weighted by Gasteiger charge is 2.22. The molecule has 0 saturated heterocycles. The fraction of sp³-hybridized carbons (Fsp3) is 0.810. The first kappa shape index (κ1) is 59.2. The van der Waals surface area contributed by atoms with Gasteiger partial charge < -0.3 is 66.8 Å². The number of nitrogens with zero attached hydrogens (tertiary/aromatic N) is 2. The third kappa shape index (κ3) is 38.8. The van der Waals surface area contributed by atoms with Gasteiger partial charge in [-0.3, -0.25) is 33.7 Å². The molecule has 0 aromatic carbocycles. The molecule has 10 N–H and O–H groups in total. The summed E-state index contributed by atoms with van der Waals surface area (Å²) in [7, 11) is 0. The van der Waals surface area contributed by atoms with Crippen LogP contribution < -0.4 is 32.7 Å². The van der Waals surface area contributed by atoms with Crippen molar-refractivity contribution in [3.05, 3.63) is 0 Å². The lowest BCUT2D eigenvalue weighted by Crippen LogP contribution is -2.46. The fourth-order valence-corrected chi connectivity index (χ4v) is 5.83. The summed E-state index contributed by atoms with van der Waals surface area (Å²) in [5, 5.41) is 28.5. The lowest BCUT2D eigenvalue weighted by atomic mass is 10.1. The molecular weight excluding hydrogens is 841 g/mol. The quantitative estimate of drug-likeness (QED) is 0.0402. The molecule has 0 aliphatic carbocycles. The summed E-state index contributed by atoms with van der Waals surface area (Å²) in [4.78, 5) is 99.1. The normalized spacial score (nSPS) is 10.7. The highest BCUT2D eigenvalue weighted by molar-refractivity contribution is 5.86. The number of ether oxygens (including phenoxy) is 4. The minimum absolute atomic E-state index is 0.0153. The van der Waals surface area contributed by atoms with Gasteiger partial charge in [0.1, 0.15) is 26.3 Å². The minimum Gasteiger partial charge on any atom is -0.481 e. The molecule has 370 valence electrons. The number of nitrogens with one attached hydrogen (secondary N) is 4. The van der Waals surface area contributed by atoms with Crippen LogP contribution in [0.25, 0.3) is 0 Å². The number of rotatable bonds is 43. The van der Waals surface area contributed by atoms with Gasteiger partial charge in [-0.15, -0.1) is 0 Å². The van der Waals surface area contributed by atoms with Crippen LogP contribution in [0.15, 0.2) is 0 Å². The standard InChI is InChI=1S/C42H78N8O14/c43-19-11-3-1-7-15-35(51)47-23-25-49(26-24-48-36(52)16-8-5-12-20-44)41(59)63-31-29-61-27-28-62-30-32-64-42(60)50(34-38(54)46-22-14-6-10-18-40(57)58)33-37(53)45-21-13-4-2-9-17-39(55)56/h1-34,43-44H2,(H,45,53)(H,46,54)(H,47,51)(H,48,52)(H,55,56)(H,57,58). The van der Waals surface area contributed by atoms with Crippen LogP contribution in [0.3, 0.4) is 0 Å². The van der Waals surface area contributed by atoms with Crippen LogP contribution in [0.4, 0.5) is 9.59 Å². The summed E-state index contributed by atoms with van der Waals surface area (Å²) >= 11 is 0. The van der Waals surface area contributed by atoms with E-state index in [1.165, 1.54) is 4.90 Å². The molecule has 0 spiro atoms. The molecule has 0 aliphatic heterocycles. The van der Waals surface area contributed by atoms with Gasteiger partial charge in [-0.2, -0.15) is 0 Å². The van der Waals surface area contributed by atoms with Crippen molar-refractivity contribution in [3.8, 4) is 0 Å². The molecule has 0 bridgehead atoms. The predicted octanol–water partition coefficient (Wildman–Crippen LogP) is 1.47. The van der Waals surface area contributed by atoms with Crippen molar-refractivity contribution in [2.75, 3.05) is 105 Å². The average molecular weight is 919 g/mol. The second kappa shape index (κ2) is 42.2. The minimum atomic E-state index is -0.909. The van der Waals surface area contributed by atoms with E-state index in [0.717, 1.165) is 49.8 Å². The number of aliphatic carboxylic acids is 2. The lowest BCUT2D eigenvalue weighted by molar-refractivity contribution is -0.138. The van der Waals surface area contributed by atoms with E-state index < -0.39 is 49.0 Å². The molecule has 0 radical (unpaired) electrons. The summed E-state index contributed by atoms with van der Waals surface area (Å²) in [6.07, 6.45) is 9.45. The zero-order valence-electron chi connectivity index (χ0n) is 37.9. The van der Waals surface area contributed by atoms with Crippen molar-refractivity contribution < 1.29 is 67.5 Å². The van der Waals surface area contributed by atoms with Crippen LogP contribution in [0.1, 0.15) is 116 Å². The van der Waals surface area contributed by atoms with Crippen LogP contribution in [0.2, 0.25) is 0 Å². The van der Waals surface area contributed by atoms with Gasteiger partial charge in [0.15, 0.2) is 0 Å². The zero-order chi connectivity index (χ0) is 47.5. The first-order chi connectivity index (χ1) is 30.9. The van der Waals surface area contributed by atoms with Gasteiger partial charge >= 0.3 is 24.1 Å². The Balaban J connectivity index is 4.72. The number of carboxylic acids is 2. The van der Waals surface area contributed by atoms with Crippen LogP contribution in [0.5, 0.6) is 0 Å². The highest BCUT2D eigenvalue weighted by atomic mass is 16.6. The molecule has 0 atom stereocenters. The molecule has 0 heterocycles. The maximum atomic E-state index is 12.9. The SMILES string of the molecule is NCCCCCCC(=O)NCCN(CCNC(=O)CCCCCN)C(=O)OCCOCCOCCOC(=O)N(CC(=O)NCCCCCCC(=O)O)CC(=O)NCCCCCC(=O)O. The van der Waals surface area contributed by atoms with Crippen molar-refractivity contribution in [2.24, 2.45) is 11.5 Å². The number of unbranched alkanes of at least 4 members (excludes halogenated alkanes) is 10. The number of amides is 6. The van der Waals surface area contributed by atoms with Crippen LogP contribution >= 0.6 is 0 Å². The summed E-state index contributed by atoms with van der Waals surface area (Å²) in [6, 6.07) is 0. The number of hydrogen-bond donors (Lipinski definition) is 8. The Morgan fingerprint density at radius 3 is 1.17 bits per heavy atom. The summed E-state index contributed by atoms with van der Waals surface area (Å²) < 4.78 is 21.6. The van der Waals surface area contributed by atoms with Crippen LogP contribution in [-0.2, 0) is 47.7 Å². The second-order valence-corrected chi connectivity index (χ2v) is 15.0. The van der Waals surface area contributed by atoms with Gasteiger partial charge in [0, 0.05) is 65.0 Å². The predicted molar refractivity (Wildman–Crippen MR) is 236 cm³/mol. The van der Waals surface area contributed by atoms with Gasteiger partial charge in [-0.05, 0) is 64.5 Å². The number of nitrogens with two attached hydrogens (primary N) is 2. The van der Waals surface area contributed by atoms with Gasteiger partial charge in [0.25, 0.3) is 0 Å². The molecule has 0 aromatic rings. The van der Waals surface area contributed by atoms with E-state index in [0.29, 0.717) is 77.4 Å². The largest absolute Gasteiger partial charge is 0.481 e. The Morgan fingerprint density at radius 1 is 0.391 bits per heavy atom. The summed E-state index contributed by atoms with van der Waals surface area (Å²) in [6.45, 7) is 1.71. The third-order valence-electron chi connectivity index (χ3n) is 9.37. The zero-order valence-corrected chi connectivity index (χ0v) is 37.9. The Bertz CT molecular complexity index is 1310. The molecule has 0 saturated carbocycles. The summed E-state index contributed by atoms with van der Waals surface area (Å²) in [5.41, 5.74) is 11.0. The van der Waals surface area contributed by atoms with Gasteiger partial charge in [0.05, 0.1) is 26.4 Å². The molecule has 0 aromatic heterocycles. The van der Waals surface area contributed by atoms with E-state index in [2.05, 4.69) is 21.3 Å². The molecule has 0 fully saturated rings. The maximum Gasteiger partial charge on any atom is 0.410 e. The summed E-state index contributed by atoms with van der Waals surface area (Å²) in [5.74, 6) is -3.02. The van der Waals surface area contributed by atoms with Crippen molar-refractivity contribution in [1.29, 1.82) is 0 Å². The fourth-order valence-electron chi connectivity index (χ4n) is 5.83. The Kier molecular flexibility index (Phi) is 39.0. The number of hydrogen-bond acceptors (Lipinski definition) is 14. The van der Waals surface area contributed by atoms with E-state index in [-0.39, 0.29) is 97.0 Å². The molecule has 22 nitrogen and oxygen atoms in total. The first-order valence-electron chi connectivity index (χ1n) is 22.8. The van der Waals surface area contributed by atoms with Gasteiger partial charge in [-0.1, -0.05) is 38.5 Å².